The van der Waals surface area contributed by atoms with Crippen molar-refractivity contribution in [2.75, 3.05) is 14.2 Å². The van der Waals surface area contributed by atoms with Gasteiger partial charge in [-0.3, -0.25) is 4.79 Å². The molecule has 6 nitrogen and oxygen atoms in total. The lowest BCUT2D eigenvalue weighted by Gasteiger charge is -2.13. The third kappa shape index (κ3) is 7.42. The van der Waals surface area contributed by atoms with Crippen LogP contribution < -0.4 is 4.74 Å². The molecule has 1 aliphatic carbocycles. The summed E-state index contributed by atoms with van der Waals surface area (Å²) in [6, 6.07) is 20.4. The summed E-state index contributed by atoms with van der Waals surface area (Å²) in [6.45, 7) is 8.20. The van der Waals surface area contributed by atoms with Crippen LogP contribution >= 0.6 is 34.8 Å². The number of hydrogen-bond acceptors (Lipinski definition) is 6. The Morgan fingerprint density at radius 2 is 1.67 bits per heavy atom. The number of carbonyl (C=O) groups excluding carboxylic acids is 1. The zero-order chi connectivity index (χ0) is 31.7. The van der Waals surface area contributed by atoms with Crippen molar-refractivity contribution in [2.24, 2.45) is 0 Å². The van der Waals surface area contributed by atoms with E-state index in [0.717, 1.165) is 23.0 Å². The van der Waals surface area contributed by atoms with Gasteiger partial charge in [-0.2, -0.15) is 5.26 Å². The smallest absolute Gasteiger partial charge is 0.150 e. The van der Waals surface area contributed by atoms with E-state index in [9.17, 15) is 10.1 Å². The first-order valence-electron chi connectivity index (χ1n) is 13.9. The lowest BCUT2D eigenvalue weighted by atomic mass is 9.91. The highest BCUT2D eigenvalue weighted by molar-refractivity contribution is 6.39. The Balaban J connectivity index is 0.000000953. The summed E-state index contributed by atoms with van der Waals surface area (Å²) in [7, 11) is 3.25. The number of carbonyl (C=O) groups is 1. The second-order valence-corrected chi connectivity index (χ2v) is 11.3. The summed E-state index contributed by atoms with van der Waals surface area (Å²) in [6.07, 6.45) is 1.45. The quantitative estimate of drug-likeness (QED) is 0.178. The highest BCUT2D eigenvalue weighted by Crippen LogP contribution is 2.61. The number of rotatable bonds is 8. The maximum absolute atomic E-state index is 11.0. The molecule has 1 heterocycles. The lowest BCUT2D eigenvalue weighted by molar-refractivity contribution is 0.112. The largest absolute Gasteiger partial charge is 0.489 e. The van der Waals surface area contributed by atoms with Crippen molar-refractivity contribution in [1.82, 2.24) is 5.16 Å². The molecular weight excluding hydrogens is 607 g/mol. The molecule has 0 bridgehead atoms. The van der Waals surface area contributed by atoms with Crippen LogP contribution in [0, 0.1) is 11.3 Å². The average molecular weight is 642 g/mol. The van der Waals surface area contributed by atoms with Crippen molar-refractivity contribution in [3.8, 4) is 23.1 Å². The van der Waals surface area contributed by atoms with Crippen molar-refractivity contribution >= 4 is 41.1 Å². The summed E-state index contributed by atoms with van der Waals surface area (Å²) in [5.41, 5.74) is 3.59. The molecule has 1 fully saturated rings. The van der Waals surface area contributed by atoms with E-state index in [1.807, 2.05) is 52.0 Å². The van der Waals surface area contributed by atoms with Crippen LogP contribution in [0.4, 0.5) is 0 Å². The van der Waals surface area contributed by atoms with Gasteiger partial charge in [-0.15, -0.1) is 0 Å². The molecule has 0 aliphatic heterocycles. The molecule has 0 spiro atoms. The fraction of sp³-hybridized carbons (Fsp3) is 0.324. The van der Waals surface area contributed by atoms with E-state index >= 15 is 0 Å². The van der Waals surface area contributed by atoms with Gasteiger partial charge in [0.05, 0.1) is 27.1 Å². The minimum absolute atomic E-state index is 0.0456. The molecule has 0 radical (unpaired) electrons. The molecular formula is C34H35Cl3N2O4. The van der Waals surface area contributed by atoms with Gasteiger partial charge in [-0.1, -0.05) is 104 Å². The van der Waals surface area contributed by atoms with Crippen LogP contribution in [0.15, 0.2) is 65.2 Å². The van der Waals surface area contributed by atoms with Crippen molar-refractivity contribution in [3.63, 3.8) is 0 Å². The van der Waals surface area contributed by atoms with Crippen LogP contribution in [-0.4, -0.2) is 25.7 Å². The molecule has 1 aromatic heterocycles. The molecule has 3 aromatic carbocycles. The molecule has 0 saturated heterocycles. The van der Waals surface area contributed by atoms with Crippen molar-refractivity contribution in [3.05, 3.63) is 104 Å². The number of halogens is 3. The fourth-order valence-electron chi connectivity index (χ4n) is 4.88. The second-order valence-electron chi connectivity index (χ2n) is 10.1. The minimum Gasteiger partial charge on any atom is -0.489 e. The number of nitrogens with zero attached hydrogens (tertiary/aromatic N) is 2. The number of nitriles is 1. The van der Waals surface area contributed by atoms with Gasteiger partial charge in [0.1, 0.15) is 30.1 Å². The number of methoxy groups -OCH3 is 1. The molecule has 4 aromatic rings. The normalized spacial score (nSPS) is 16.7. The van der Waals surface area contributed by atoms with E-state index in [0.29, 0.717) is 49.8 Å². The van der Waals surface area contributed by atoms with E-state index in [1.54, 1.807) is 50.6 Å². The first-order valence-corrected chi connectivity index (χ1v) is 15.1. The van der Waals surface area contributed by atoms with Crippen LogP contribution in [-0.2, 0) is 16.8 Å². The molecule has 2 atom stereocenters. The Morgan fingerprint density at radius 3 is 2.21 bits per heavy atom. The predicted octanol–water partition coefficient (Wildman–Crippen LogP) is 10.1. The molecule has 0 amide bonds. The molecule has 2 unspecified atom stereocenters. The second kappa shape index (κ2) is 15.4. The van der Waals surface area contributed by atoms with Gasteiger partial charge in [0, 0.05) is 42.2 Å². The highest BCUT2D eigenvalue weighted by Gasteiger charge is 2.57. The Morgan fingerprint density at radius 1 is 1.05 bits per heavy atom. The number of hydrogen-bond donors (Lipinski definition) is 0. The van der Waals surface area contributed by atoms with Crippen LogP contribution in [0.3, 0.4) is 0 Å². The summed E-state index contributed by atoms with van der Waals surface area (Å²) >= 11 is 19.6. The molecule has 43 heavy (non-hydrogen) atoms. The number of benzene rings is 3. The Labute approximate surface area is 268 Å². The van der Waals surface area contributed by atoms with Crippen LogP contribution in [0.1, 0.15) is 78.8 Å². The molecule has 1 aliphatic rings. The monoisotopic (exact) mass is 640 g/mol. The summed E-state index contributed by atoms with van der Waals surface area (Å²) in [5.74, 6) is 1.29. The SMILES string of the molecule is CC.CC(C)c1onc(-c2c(Cl)cccc2Cl)c1COc1ccc(C2CC2(C#N)c2ccc(C=O)cc2)c(Cl)c1.COC. The number of ether oxygens (including phenoxy) is 2. The van der Waals surface area contributed by atoms with E-state index in [2.05, 4.69) is 16.0 Å². The maximum Gasteiger partial charge on any atom is 0.150 e. The van der Waals surface area contributed by atoms with E-state index < -0.39 is 5.41 Å². The topological polar surface area (TPSA) is 85.4 Å². The Hall–Kier alpha value is -3.34. The number of aldehydes is 1. The Kier molecular flexibility index (Phi) is 12.2. The van der Waals surface area contributed by atoms with Crippen LogP contribution in [0.5, 0.6) is 5.75 Å². The van der Waals surface area contributed by atoms with Crippen molar-refractivity contribution in [1.29, 1.82) is 5.26 Å². The third-order valence-corrected chi connectivity index (χ3v) is 7.95. The van der Waals surface area contributed by atoms with Gasteiger partial charge in [0.25, 0.3) is 0 Å². The summed E-state index contributed by atoms with van der Waals surface area (Å²) in [4.78, 5) is 11.0. The van der Waals surface area contributed by atoms with Crippen LogP contribution in [0.2, 0.25) is 15.1 Å². The van der Waals surface area contributed by atoms with Gasteiger partial charge in [-0.05, 0) is 41.8 Å². The van der Waals surface area contributed by atoms with Crippen molar-refractivity contribution in [2.45, 2.75) is 58.0 Å². The predicted molar refractivity (Wildman–Crippen MR) is 173 cm³/mol. The zero-order valence-electron chi connectivity index (χ0n) is 25.1. The lowest BCUT2D eigenvalue weighted by Crippen LogP contribution is -2.07. The third-order valence-electron chi connectivity index (χ3n) is 7.00. The Bertz CT molecular complexity index is 1560. The van der Waals surface area contributed by atoms with Gasteiger partial charge < -0.3 is 14.0 Å². The standard InChI is InChI=1S/C30H23Cl3N2O3.C2H6O.C2H6/c1-17(2)29-22(28(35-38-29)27-24(31)4-3-5-25(27)32)15-37-20-10-11-21(26(33)12-20)23-13-30(23,16-34)19-8-6-18(14-36)7-9-19;1-3-2;1-2/h3-12,14,17,23H,13,15H2,1-2H3;1-2H3;1-2H3. The summed E-state index contributed by atoms with van der Waals surface area (Å²) in [5, 5.41) is 15.8. The summed E-state index contributed by atoms with van der Waals surface area (Å²) < 4.78 is 16.1. The van der Waals surface area contributed by atoms with E-state index in [-0.39, 0.29) is 18.4 Å². The molecule has 5 rings (SSSR count). The molecule has 0 N–H and O–H groups in total. The van der Waals surface area contributed by atoms with Gasteiger partial charge in [-0.25, -0.2) is 0 Å². The zero-order valence-corrected chi connectivity index (χ0v) is 27.3. The highest BCUT2D eigenvalue weighted by atomic mass is 35.5. The van der Waals surface area contributed by atoms with Crippen LogP contribution in [0.25, 0.3) is 11.3 Å². The fourth-order valence-corrected chi connectivity index (χ4v) is 5.75. The van der Waals surface area contributed by atoms with Gasteiger partial charge >= 0.3 is 0 Å². The van der Waals surface area contributed by atoms with Gasteiger partial charge in [0.2, 0.25) is 0 Å². The van der Waals surface area contributed by atoms with Gasteiger partial charge in [0.15, 0.2) is 0 Å². The van der Waals surface area contributed by atoms with E-state index in [4.69, 9.17) is 44.1 Å². The van der Waals surface area contributed by atoms with Crippen molar-refractivity contribution < 1.29 is 18.8 Å². The van der Waals surface area contributed by atoms with E-state index in [1.165, 1.54) is 0 Å². The first-order chi connectivity index (χ1) is 20.7. The molecule has 9 heteroatoms. The maximum atomic E-state index is 11.0. The first kappa shape index (κ1) is 34.2. The number of aromatic nitrogens is 1. The molecule has 1 saturated carbocycles. The molecule has 226 valence electrons. The minimum atomic E-state index is -0.662. The average Bonchev–Trinajstić information content (AvgIpc) is 3.60.